The molecule has 0 amide bonds. The van der Waals surface area contributed by atoms with Crippen LogP contribution in [0.2, 0.25) is 10.0 Å². The van der Waals surface area contributed by atoms with Gasteiger partial charge in [0.15, 0.2) is 5.75 Å². The zero-order valence-electron chi connectivity index (χ0n) is 12.7. The third kappa shape index (κ3) is 8.70. The molecular weight excluding hydrogens is 428 g/mol. The van der Waals surface area contributed by atoms with Crippen LogP contribution in [-0.4, -0.2) is 25.5 Å². The van der Waals surface area contributed by atoms with Crippen molar-refractivity contribution in [3.05, 3.63) is 32.2 Å². The molecule has 128 valence electrons. The Hall–Kier alpha value is -0.620. The van der Waals surface area contributed by atoms with Crippen LogP contribution in [0.25, 0.3) is 0 Å². The molecule has 0 N–H and O–H groups in total. The van der Waals surface area contributed by atoms with E-state index in [4.69, 9.17) is 49.1 Å². The molecule has 0 saturated carbocycles. The Morgan fingerprint density at radius 2 is 1.83 bits per heavy atom. The molecule has 8 heteroatoms. The lowest BCUT2D eigenvalue weighted by molar-refractivity contribution is 0.127. The molecule has 0 spiro atoms. The Morgan fingerprint density at radius 1 is 1.17 bits per heavy atom. The monoisotopic (exact) mass is 443 g/mol. The van der Waals surface area contributed by atoms with Crippen molar-refractivity contribution >= 4 is 56.4 Å². The van der Waals surface area contributed by atoms with Gasteiger partial charge in [-0.1, -0.05) is 40.0 Å². The lowest BCUT2D eigenvalue weighted by Crippen LogP contribution is -2.03. The Bertz CT molecular complexity index is 548. The number of hydrogen-bond donors (Lipinski definition) is 0. The second-order valence-electron chi connectivity index (χ2n) is 4.59. The minimum absolute atomic E-state index is 0.297. The first-order valence-corrected chi connectivity index (χ1v) is 8.71. The zero-order chi connectivity index (χ0) is 17.2. The third-order valence-corrected chi connectivity index (χ3v) is 3.37. The van der Waals surface area contributed by atoms with Gasteiger partial charge in [-0.3, -0.25) is 0 Å². The van der Waals surface area contributed by atoms with E-state index in [1.54, 1.807) is 18.2 Å². The summed E-state index contributed by atoms with van der Waals surface area (Å²) in [6.45, 7) is 4.90. The molecule has 0 unspecified atom stereocenters. The van der Waals surface area contributed by atoms with Crippen LogP contribution in [0.5, 0.6) is 11.5 Å². The highest BCUT2D eigenvalue weighted by Crippen LogP contribution is 2.37. The molecule has 0 radical (unpaired) electrons. The van der Waals surface area contributed by atoms with Gasteiger partial charge >= 0.3 is 0 Å². The first-order chi connectivity index (χ1) is 10.9. The van der Waals surface area contributed by atoms with Gasteiger partial charge in [0.2, 0.25) is 0 Å². The fraction of sp³-hybridized carbons (Fsp3) is 0.400. The van der Waals surface area contributed by atoms with Gasteiger partial charge in [0.05, 0.1) is 26.3 Å². The summed E-state index contributed by atoms with van der Waals surface area (Å²) >= 11 is 21.1. The van der Waals surface area contributed by atoms with Gasteiger partial charge < -0.3 is 14.3 Å². The summed E-state index contributed by atoms with van der Waals surface area (Å²) in [4.78, 5) is 5.08. The molecular formula is C15H17BrCl3NO3. The topological polar surface area (TPSA) is 40.0 Å². The van der Waals surface area contributed by atoms with Crippen LogP contribution >= 0.6 is 50.7 Å². The van der Waals surface area contributed by atoms with Crippen molar-refractivity contribution in [2.75, 3.05) is 19.8 Å². The van der Waals surface area contributed by atoms with Gasteiger partial charge in [-0.2, -0.15) is 0 Å². The van der Waals surface area contributed by atoms with E-state index in [9.17, 15) is 0 Å². The van der Waals surface area contributed by atoms with Crippen LogP contribution in [0.4, 0.5) is 0 Å². The Kier molecular flexibility index (Phi) is 9.79. The Labute approximate surface area is 159 Å². The summed E-state index contributed by atoms with van der Waals surface area (Å²) in [5, 5.41) is 4.59. The largest absolute Gasteiger partial charge is 0.490 e. The SMILES string of the molecule is CC(C)=NOCCCOc1c(Cl)cc(OC/C=C(\Cl)Br)cc1Cl. The highest BCUT2D eigenvalue weighted by atomic mass is 79.9. The third-order valence-electron chi connectivity index (χ3n) is 2.33. The van der Waals surface area contributed by atoms with Crippen molar-refractivity contribution in [1.29, 1.82) is 0 Å². The van der Waals surface area contributed by atoms with Gasteiger partial charge in [0, 0.05) is 18.6 Å². The van der Waals surface area contributed by atoms with E-state index >= 15 is 0 Å². The highest BCUT2D eigenvalue weighted by molar-refractivity contribution is 9.12. The standard InChI is InChI=1S/C15H17BrCl3NO3/c1-10(2)20-23-6-3-5-22-15-12(17)8-11(9-13(15)18)21-7-4-14(16)19/h4,8-9H,3,5-7H2,1-2H3/b14-4-. The molecule has 0 bridgehead atoms. The highest BCUT2D eigenvalue weighted by Gasteiger charge is 2.10. The van der Waals surface area contributed by atoms with E-state index in [-0.39, 0.29) is 0 Å². The number of benzene rings is 1. The molecule has 1 aromatic rings. The minimum Gasteiger partial charge on any atom is -0.490 e. The molecule has 0 atom stereocenters. The van der Waals surface area contributed by atoms with E-state index in [2.05, 4.69) is 21.1 Å². The van der Waals surface area contributed by atoms with Crippen LogP contribution in [-0.2, 0) is 4.84 Å². The van der Waals surface area contributed by atoms with E-state index in [1.807, 2.05) is 13.8 Å². The molecule has 0 aromatic heterocycles. The van der Waals surface area contributed by atoms with Crippen LogP contribution in [0.1, 0.15) is 20.3 Å². The molecule has 1 aromatic carbocycles. The maximum absolute atomic E-state index is 6.16. The fourth-order valence-corrected chi connectivity index (χ4v) is 2.20. The van der Waals surface area contributed by atoms with Crippen LogP contribution in [0.15, 0.2) is 27.3 Å². The summed E-state index contributed by atoms with van der Waals surface area (Å²) in [6.07, 6.45) is 2.32. The van der Waals surface area contributed by atoms with Crippen molar-refractivity contribution in [3.63, 3.8) is 0 Å². The first-order valence-electron chi connectivity index (χ1n) is 6.79. The van der Waals surface area contributed by atoms with Crippen molar-refractivity contribution in [1.82, 2.24) is 0 Å². The average molecular weight is 446 g/mol. The van der Waals surface area contributed by atoms with Gasteiger partial charge in [0.25, 0.3) is 0 Å². The Balaban J connectivity index is 2.50. The normalized spacial score (nSPS) is 11.1. The molecule has 1 rings (SSSR count). The lowest BCUT2D eigenvalue weighted by atomic mass is 10.3. The van der Waals surface area contributed by atoms with Crippen LogP contribution in [0, 0.1) is 0 Å². The first kappa shape index (κ1) is 20.4. The molecule has 0 aliphatic rings. The van der Waals surface area contributed by atoms with Crippen LogP contribution in [0.3, 0.4) is 0 Å². The molecule has 0 fully saturated rings. The molecule has 0 saturated heterocycles. The van der Waals surface area contributed by atoms with Crippen molar-refractivity contribution in [2.45, 2.75) is 20.3 Å². The molecule has 0 aliphatic carbocycles. The summed E-state index contributed by atoms with van der Waals surface area (Å²) in [7, 11) is 0. The van der Waals surface area contributed by atoms with E-state index in [0.717, 1.165) is 5.71 Å². The van der Waals surface area contributed by atoms with E-state index in [0.29, 0.717) is 51.7 Å². The number of oxime groups is 1. The smallest absolute Gasteiger partial charge is 0.156 e. The fourth-order valence-electron chi connectivity index (χ4n) is 1.43. The van der Waals surface area contributed by atoms with Crippen LogP contribution < -0.4 is 9.47 Å². The van der Waals surface area contributed by atoms with E-state index < -0.39 is 0 Å². The zero-order valence-corrected chi connectivity index (χ0v) is 16.6. The molecule has 23 heavy (non-hydrogen) atoms. The molecule has 4 nitrogen and oxygen atoms in total. The van der Waals surface area contributed by atoms with Crippen molar-refractivity contribution in [3.8, 4) is 11.5 Å². The minimum atomic E-state index is 0.297. The van der Waals surface area contributed by atoms with Crippen molar-refractivity contribution < 1.29 is 14.3 Å². The number of halogens is 4. The summed E-state index contributed by atoms with van der Waals surface area (Å²) in [5.41, 5.74) is 0.864. The molecule has 0 aliphatic heterocycles. The summed E-state index contributed by atoms with van der Waals surface area (Å²) in [5.74, 6) is 0.954. The summed E-state index contributed by atoms with van der Waals surface area (Å²) < 4.78 is 11.5. The molecule has 0 heterocycles. The Morgan fingerprint density at radius 3 is 2.39 bits per heavy atom. The predicted molar refractivity (Wildman–Crippen MR) is 99.7 cm³/mol. The average Bonchev–Trinajstić information content (AvgIpc) is 2.44. The van der Waals surface area contributed by atoms with Gasteiger partial charge in [-0.05, 0) is 35.9 Å². The number of nitrogens with zero attached hydrogens (tertiary/aromatic N) is 1. The van der Waals surface area contributed by atoms with E-state index in [1.165, 1.54) is 0 Å². The van der Waals surface area contributed by atoms with Crippen molar-refractivity contribution in [2.24, 2.45) is 5.16 Å². The summed E-state index contributed by atoms with van der Waals surface area (Å²) in [6, 6.07) is 3.28. The number of rotatable bonds is 9. The second-order valence-corrected chi connectivity index (χ2v) is 7.13. The lowest BCUT2D eigenvalue weighted by Gasteiger charge is -2.12. The predicted octanol–water partition coefficient (Wildman–Crippen LogP) is 6.03. The number of hydrogen-bond acceptors (Lipinski definition) is 4. The maximum atomic E-state index is 6.16. The number of ether oxygens (including phenoxy) is 2. The second kappa shape index (κ2) is 11.0. The van der Waals surface area contributed by atoms with Gasteiger partial charge in [0.1, 0.15) is 19.0 Å². The van der Waals surface area contributed by atoms with Gasteiger partial charge in [-0.25, -0.2) is 0 Å². The quantitative estimate of drug-likeness (QED) is 0.265. The van der Waals surface area contributed by atoms with Gasteiger partial charge in [-0.15, -0.1) is 0 Å². The maximum Gasteiger partial charge on any atom is 0.156 e.